The van der Waals surface area contributed by atoms with Crippen molar-refractivity contribution >= 4 is 22.8 Å². The van der Waals surface area contributed by atoms with Gasteiger partial charge in [0.2, 0.25) is 0 Å². The fourth-order valence-corrected chi connectivity index (χ4v) is 3.32. The molecule has 0 aliphatic carbocycles. The zero-order valence-electron chi connectivity index (χ0n) is 12.7. The van der Waals surface area contributed by atoms with Crippen molar-refractivity contribution in [2.45, 2.75) is 9.79 Å². The molecule has 0 aliphatic rings. The maximum Gasteiger partial charge on any atom is 0.337 e. The monoisotopic (exact) mass is 317 g/mol. The highest BCUT2D eigenvalue weighted by molar-refractivity contribution is 7.96. The van der Waals surface area contributed by atoms with Gasteiger partial charge in [0.1, 0.15) is 6.26 Å². The summed E-state index contributed by atoms with van der Waals surface area (Å²) in [6.45, 7) is 0. The molecule has 0 unspecified atom stereocenters. The van der Waals surface area contributed by atoms with Crippen LogP contribution in [0.25, 0.3) is 0 Å². The number of methoxy groups -OCH3 is 2. The van der Waals surface area contributed by atoms with Gasteiger partial charge in [-0.3, -0.25) is 0 Å². The first-order chi connectivity index (χ1) is 10.6. The van der Waals surface area contributed by atoms with E-state index in [1.807, 2.05) is 24.3 Å². The Morgan fingerprint density at radius 1 is 0.727 bits per heavy atom. The van der Waals surface area contributed by atoms with E-state index in [1.54, 1.807) is 24.3 Å². The van der Waals surface area contributed by atoms with E-state index in [0.717, 1.165) is 9.79 Å². The maximum absolute atomic E-state index is 11.4. The number of carbonyl (C=O) groups is 2. The van der Waals surface area contributed by atoms with Gasteiger partial charge in [-0.1, -0.05) is 0 Å². The second-order valence-corrected chi connectivity index (χ2v) is 6.51. The summed E-state index contributed by atoms with van der Waals surface area (Å²) in [6, 6.07) is 14.7. The Kier molecular flexibility index (Phi) is 5.22. The zero-order chi connectivity index (χ0) is 16.1. The van der Waals surface area contributed by atoms with Crippen LogP contribution in [0.4, 0.5) is 0 Å². The summed E-state index contributed by atoms with van der Waals surface area (Å²) in [5.41, 5.74) is 1.06. The SMILES string of the molecule is COC(=O)c1ccc([S+](C)c2ccc(C(=O)OC)cc2)cc1. The van der Waals surface area contributed by atoms with Crippen LogP contribution < -0.4 is 0 Å². The lowest BCUT2D eigenvalue weighted by molar-refractivity contribution is 0.0592. The highest BCUT2D eigenvalue weighted by Gasteiger charge is 2.20. The van der Waals surface area contributed by atoms with Crippen molar-refractivity contribution in [1.82, 2.24) is 0 Å². The van der Waals surface area contributed by atoms with Crippen LogP contribution in [0.2, 0.25) is 0 Å². The van der Waals surface area contributed by atoms with Crippen LogP contribution in [0.1, 0.15) is 20.7 Å². The molecule has 0 heterocycles. The van der Waals surface area contributed by atoms with E-state index in [2.05, 4.69) is 15.7 Å². The van der Waals surface area contributed by atoms with E-state index in [9.17, 15) is 9.59 Å². The number of esters is 2. The minimum absolute atomic E-state index is 0.148. The third-order valence-electron chi connectivity index (χ3n) is 3.26. The lowest BCUT2D eigenvalue weighted by Crippen LogP contribution is -2.05. The average molecular weight is 317 g/mol. The van der Waals surface area contributed by atoms with Gasteiger partial charge in [0.25, 0.3) is 0 Å². The van der Waals surface area contributed by atoms with Gasteiger partial charge in [0.15, 0.2) is 9.79 Å². The first-order valence-corrected chi connectivity index (χ1v) is 8.23. The molecule has 0 aromatic heterocycles. The lowest BCUT2D eigenvalue weighted by Gasteiger charge is -2.05. The van der Waals surface area contributed by atoms with Gasteiger partial charge >= 0.3 is 11.9 Å². The quantitative estimate of drug-likeness (QED) is 0.643. The minimum atomic E-state index is -0.343. The molecule has 2 rings (SSSR count). The highest BCUT2D eigenvalue weighted by atomic mass is 32.2. The first-order valence-electron chi connectivity index (χ1n) is 6.59. The second kappa shape index (κ2) is 7.13. The third kappa shape index (κ3) is 3.49. The molecule has 22 heavy (non-hydrogen) atoms. The maximum atomic E-state index is 11.4. The smallest absolute Gasteiger partial charge is 0.337 e. The van der Waals surface area contributed by atoms with E-state index in [0.29, 0.717) is 11.1 Å². The van der Waals surface area contributed by atoms with Crippen molar-refractivity contribution in [3.8, 4) is 0 Å². The summed E-state index contributed by atoms with van der Waals surface area (Å²) in [4.78, 5) is 25.1. The zero-order valence-corrected chi connectivity index (χ0v) is 13.5. The molecule has 114 valence electrons. The molecule has 2 aromatic rings. The summed E-state index contributed by atoms with van der Waals surface area (Å²) in [5.74, 6) is -0.685. The van der Waals surface area contributed by atoms with E-state index in [1.165, 1.54) is 14.2 Å². The van der Waals surface area contributed by atoms with Crippen LogP contribution in [-0.2, 0) is 20.4 Å². The molecule has 0 fully saturated rings. The van der Waals surface area contributed by atoms with Gasteiger partial charge in [-0.15, -0.1) is 0 Å². The van der Waals surface area contributed by atoms with Crippen LogP contribution in [0.5, 0.6) is 0 Å². The molecule has 2 aromatic carbocycles. The van der Waals surface area contributed by atoms with Crippen LogP contribution in [0.15, 0.2) is 58.3 Å². The van der Waals surface area contributed by atoms with Crippen molar-refractivity contribution in [1.29, 1.82) is 0 Å². The molecule has 5 heteroatoms. The molecule has 0 radical (unpaired) electrons. The summed E-state index contributed by atoms with van der Waals surface area (Å²) < 4.78 is 9.37. The number of benzene rings is 2. The number of carbonyl (C=O) groups excluding carboxylic acids is 2. The fourth-order valence-electron chi connectivity index (χ4n) is 1.96. The van der Waals surface area contributed by atoms with Crippen LogP contribution in [-0.4, -0.2) is 32.4 Å². The molecule has 4 nitrogen and oxygen atoms in total. The molecule has 0 N–H and O–H groups in total. The largest absolute Gasteiger partial charge is 0.465 e. The summed E-state index contributed by atoms with van der Waals surface area (Å²) >= 11 is 0. The Bertz CT molecular complexity index is 603. The Balaban J connectivity index is 2.18. The molecule has 0 spiro atoms. The lowest BCUT2D eigenvalue weighted by atomic mass is 10.2. The minimum Gasteiger partial charge on any atom is -0.465 e. The Morgan fingerprint density at radius 3 is 1.32 bits per heavy atom. The Morgan fingerprint density at radius 2 is 1.05 bits per heavy atom. The molecule has 0 saturated carbocycles. The highest BCUT2D eigenvalue weighted by Crippen LogP contribution is 2.22. The predicted molar refractivity (Wildman–Crippen MR) is 85.4 cm³/mol. The normalized spacial score (nSPS) is 10.4. The van der Waals surface area contributed by atoms with E-state index in [-0.39, 0.29) is 22.8 Å². The number of hydrogen-bond donors (Lipinski definition) is 0. The molecule has 0 amide bonds. The van der Waals surface area contributed by atoms with Gasteiger partial charge < -0.3 is 9.47 Å². The molecule has 0 aliphatic heterocycles. The third-order valence-corrected chi connectivity index (χ3v) is 5.22. The average Bonchev–Trinajstić information content (AvgIpc) is 2.60. The summed E-state index contributed by atoms with van der Waals surface area (Å²) in [6.07, 6.45) is 2.10. The fraction of sp³-hybridized carbons (Fsp3) is 0.176. The summed E-state index contributed by atoms with van der Waals surface area (Å²) in [7, 11) is 2.58. The number of rotatable bonds is 4. The van der Waals surface area contributed by atoms with Crippen molar-refractivity contribution in [3.63, 3.8) is 0 Å². The van der Waals surface area contributed by atoms with Gasteiger partial charge in [0, 0.05) is 0 Å². The number of hydrogen-bond acceptors (Lipinski definition) is 4. The van der Waals surface area contributed by atoms with Crippen LogP contribution in [0.3, 0.4) is 0 Å². The van der Waals surface area contributed by atoms with Gasteiger partial charge in [-0.05, 0) is 48.5 Å². The van der Waals surface area contributed by atoms with Gasteiger partial charge in [-0.2, -0.15) is 0 Å². The molecular weight excluding hydrogens is 300 g/mol. The molecule has 0 atom stereocenters. The van der Waals surface area contributed by atoms with E-state index in [4.69, 9.17) is 0 Å². The second-order valence-electron chi connectivity index (χ2n) is 4.54. The van der Waals surface area contributed by atoms with Crippen molar-refractivity contribution < 1.29 is 19.1 Å². The van der Waals surface area contributed by atoms with E-state index < -0.39 is 0 Å². The van der Waals surface area contributed by atoms with Crippen LogP contribution >= 0.6 is 0 Å². The Hall–Kier alpha value is -2.27. The van der Waals surface area contributed by atoms with Crippen molar-refractivity contribution in [3.05, 3.63) is 59.7 Å². The molecule has 0 saturated heterocycles. The summed E-state index contributed by atoms with van der Waals surface area (Å²) in [5, 5.41) is 0. The first kappa shape index (κ1) is 16.1. The van der Waals surface area contributed by atoms with Crippen LogP contribution in [0, 0.1) is 0 Å². The van der Waals surface area contributed by atoms with Crippen molar-refractivity contribution in [2.24, 2.45) is 0 Å². The van der Waals surface area contributed by atoms with Crippen molar-refractivity contribution in [2.75, 3.05) is 20.5 Å². The van der Waals surface area contributed by atoms with Gasteiger partial charge in [-0.25, -0.2) is 9.59 Å². The van der Waals surface area contributed by atoms with E-state index >= 15 is 0 Å². The topological polar surface area (TPSA) is 52.6 Å². The predicted octanol–water partition coefficient (Wildman–Crippen LogP) is 2.93. The molecule has 0 bridgehead atoms. The number of ether oxygens (including phenoxy) is 2. The van der Waals surface area contributed by atoms with Gasteiger partial charge in [0.05, 0.1) is 36.2 Å². The Labute approximate surface area is 132 Å². The molecular formula is C17H17O4S+. The standard InChI is InChI=1S/C17H17O4S/c1-20-16(18)12-4-8-14(9-5-12)22(3)15-10-6-13(7-11-15)17(19)21-2/h4-11H,1-3H3/q+1.